The number of hydrogen-bond donors (Lipinski definition) is 5. The third-order valence-corrected chi connectivity index (χ3v) is 2.38. The number of H-pyrrole nitrogens is 1. The molecular weight excluding hydrogens is 238 g/mol. The van der Waals surface area contributed by atoms with E-state index in [1.54, 1.807) is 0 Å². The number of rotatable bonds is 6. The molecule has 7 N–H and O–H groups in total. The van der Waals surface area contributed by atoms with Crippen LogP contribution < -0.4 is 16.8 Å². The van der Waals surface area contributed by atoms with E-state index in [0.717, 1.165) is 6.42 Å². The summed E-state index contributed by atoms with van der Waals surface area (Å²) in [4.78, 5) is 22.3. The quantitative estimate of drug-likeness (QED) is 0.420. The number of aromatic nitrogens is 2. The number of nitrogens with zero attached hydrogens (tertiary/aromatic N) is 1. The van der Waals surface area contributed by atoms with Crippen molar-refractivity contribution in [1.29, 1.82) is 0 Å². The number of carbonyl (C=O) groups excluding carboxylic acids is 2. The maximum Gasteiger partial charge on any atom is 0.274 e. The lowest BCUT2D eigenvalue weighted by atomic mass is 10.2. The molecule has 0 aromatic carbocycles. The Balaban J connectivity index is 2.64. The molecule has 0 aliphatic heterocycles. The van der Waals surface area contributed by atoms with Crippen LogP contribution in [0.15, 0.2) is 0 Å². The van der Waals surface area contributed by atoms with Crippen molar-refractivity contribution >= 4 is 17.5 Å². The van der Waals surface area contributed by atoms with Gasteiger partial charge >= 0.3 is 0 Å². The summed E-state index contributed by atoms with van der Waals surface area (Å²) >= 11 is 0. The van der Waals surface area contributed by atoms with Gasteiger partial charge in [0.25, 0.3) is 5.91 Å². The first-order chi connectivity index (χ1) is 8.47. The van der Waals surface area contributed by atoms with Crippen LogP contribution in [0.1, 0.15) is 29.5 Å². The minimum atomic E-state index is -1.43. The molecule has 8 nitrogen and oxygen atoms in total. The standard InChI is InChI=1S/C10H17N5O3/c1-2-3-5-7(11)8(15-14-5)10(18)13-4-6(16)9(12)17/h6,16H,2-4,11H2,1H3,(H2,12,17)(H,13,18)(H,14,15). The number of anilines is 1. The van der Waals surface area contributed by atoms with Gasteiger partial charge in [-0.15, -0.1) is 0 Å². The Morgan fingerprint density at radius 1 is 1.56 bits per heavy atom. The van der Waals surface area contributed by atoms with Crippen molar-refractivity contribution in [1.82, 2.24) is 15.5 Å². The van der Waals surface area contributed by atoms with Crippen molar-refractivity contribution < 1.29 is 14.7 Å². The van der Waals surface area contributed by atoms with Gasteiger partial charge in [-0.1, -0.05) is 13.3 Å². The van der Waals surface area contributed by atoms with Crippen LogP contribution in [0.3, 0.4) is 0 Å². The fourth-order valence-electron chi connectivity index (χ4n) is 1.37. The van der Waals surface area contributed by atoms with E-state index >= 15 is 0 Å². The third kappa shape index (κ3) is 3.20. The molecule has 0 fully saturated rings. The molecular formula is C10H17N5O3. The second-order valence-corrected chi connectivity index (χ2v) is 3.84. The average Bonchev–Trinajstić information content (AvgIpc) is 2.68. The molecule has 18 heavy (non-hydrogen) atoms. The monoisotopic (exact) mass is 255 g/mol. The smallest absolute Gasteiger partial charge is 0.274 e. The molecule has 1 unspecified atom stereocenters. The van der Waals surface area contributed by atoms with Crippen molar-refractivity contribution in [3.05, 3.63) is 11.4 Å². The van der Waals surface area contributed by atoms with Gasteiger partial charge in [0.15, 0.2) is 5.69 Å². The van der Waals surface area contributed by atoms with Crippen molar-refractivity contribution in [3.63, 3.8) is 0 Å². The van der Waals surface area contributed by atoms with E-state index in [0.29, 0.717) is 12.1 Å². The van der Waals surface area contributed by atoms with Gasteiger partial charge in [-0.3, -0.25) is 14.7 Å². The number of nitrogen functional groups attached to an aromatic ring is 1. The Kier molecular flexibility index (Phi) is 4.67. The Labute approximate surface area is 104 Å². The molecule has 0 aliphatic carbocycles. The zero-order valence-corrected chi connectivity index (χ0v) is 10.1. The molecule has 1 heterocycles. The summed E-state index contributed by atoms with van der Waals surface area (Å²) in [6.45, 7) is 1.70. The lowest BCUT2D eigenvalue weighted by molar-refractivity contribution is -0.125. The molecule has 0 saturated heterocycles. The van der Waals surface area contributed by atoms with Crippen LogP contribution >= 0.6 is 0 Å². The summed E-state index contributed by atoms with van der Waals surface area (Å²) in [6.07, 6.45) is 0.133. The number of amides is 2. The fraction of sp³-hybridized carbons (Fsp3) is 0.500. The molecule has 1 aromatic rings. The summed E-state index contributed by atoms with van der Waals surface area (Å²) in [7, 11) is 0. The minimum absolute atomic E-state index is 0.0510. The fourth-order valence-corrected chi connectivity index (χ4v) is 1.37. The number of nitrogens with one attached hydrogen (secondary N) is 2. The van der Waals surface area contributed by atoms with E-state index in [2.05, 4.69) is 15.5 Å². The lowest BCUT2D eigenvalue weighted by Crippen LogP contribution is -2.40. The number of aliphatic hydroxyl groups is 1. The molecule has 8 heteroatoms. The number of carbonyl (C=O) groups is 2. The second kappa shape index (κ2) is 6.01. The van der Waals surface area contributed by atoms with Crippen molar-refractivity contribution in [2.24, 2.45) is 5.73 Å². The van der Waals surface area contributed by atoms with Crippen LogP contribution in [0.5, 0.6) is 0 Å². The van der Waals surface area contributed by atoms with Gasteiger partial charge in [-0.25, -0.2) is 0 Å². The minimum Gasteiger partial charge on any atom is -0.395 e. The first kappa shape index (κ1) is 14.0. The number of aryl methyl sites for hydroxylation is 1. The Morgan fingerprint density at radius 3 is 2.78 bits per heavy atom. The number of hydrogen-bond acceptors (Lipinski definition) is 5. The Morgan fingerprint density at radius 2 is 2.22 bits per heavy atom. The van der Waals surface area contributed by atoms with E-state index in [1.165, 1.54) is 0 Å². The van der Waals surface area contributed by atoms with Gasteiger partial charge in [-0.05, 0) is 6.42 Å². The zero-order chi connectivity index (χ0) is 13.7. The molecule has 0 spiro atoms. The molecule has 0 radical (unpaired) electrons. The Bertz CT molecular complexity index is 443. The largest absolute Gasteiger partial charge is 0.395 e. The van der Waals surface area contributed by atoms with Crippen LogP contribution in [0.25, 0.3) is 0 Å². The Hall–Kier alpha value is -2.09. The van der Waals surface area contributed by atoms with Gasteiger partial charge in [0.05, 0.1) is 17.9 Å². The van der Waals surface area contributed by atoms with Gasteiger partial charge in [0.1, 0.15) is 6.10 Å². The van der Waals surface area contributed by atoms with Crippen LogP contribution in [0.4, 0.5) is 5.69 Å². The highest BCUT2D eigenvalue weighted by Gasteiger charge is 2.18. The SMILES string of the molecule is CCCc1[nH]nc(C(=O)NCC(O)C(N)=O)c1N. The molecule has 1 atom stereocenters. The summed E-state index contributed by atoms with van der Waals surface area (Å²) in [6, 6.07) is 0. The molecule has 1 aromatic heterocycles. The molecule has 1 rings (SSSR count). The van der Waals surface area contributed by atoms with Crippen LogP contribution in [0.2, 0.25) is 0 Å². The molecule has 0 bridgehead atoms. The predicted octanol–water partition coefficient (Wildman–Crippen LogP) is -1.48. The number of aliphatic hydroxyl groups excluding tert-OH is 1. The lowest BCUT2D eigenvalue weighted by Gasteiger charge is -2.07. The normalized spacial score (nSPS) is 12.1. The molecule has 0 aliphatic rings. The first-order valence-electron chi connectivity index (χ1n) is 5.55. The molecule has 2 amide bonds. The zero-order valence-electron chi connectivity index (χ0n) is 10.1. The van der Waals surface area contributed by atoms with Gasteiger partial charge < -0.3 is 21.9 Å². The van der Waals surface area contributed by atoms with Crippen LogP contribution in [0, 0.1) is 0 Å². The van der Waals surface area contributed by atoms with Crippen LogP contribution in [-0.4, -0.2) is 39.8 Å². The highest BCUT2D eigenvalue weighted by molar-refractivity contribution is 5.97. The maximum atomic E-state index is 11.7. The molecule has 100 valence electrons. The topological polar surface area (TPSA) is 147 Å². The van der Waals surface area contributed by atoms with Gasteiger partial charge in [0.2, 0.25) is 5.91 Å². The van der Waals surface area contributed by atoms with E-state index < -0.39 is 17.9 Å². The van der Waals surface area contributed by atoms with Crippen molar-refractivity contribution in [2.45, 2.75) is 25.9 Å². The number of primary amides is 1. The summed E-state index contributed by atoms with van der Waals surface area (Å²) in [5.74, 6) is -1.47. The van der Waals surface area contributed by atoms with Crippen molar-refractivity contribution in [2.75, 3.05) is 12.3 Å². The number of aromatic amines is 1. The second-order valence-electron chi connectivity index (χ2n) is 3.84. The maximum absolute atomic E-state index is 11.7. The van der Waals surface area contributed by atoms with E-state index in [-0.39, 0.29) is 17.9 Å². The predicted molar refractivity (Wildman–Crippen MR) is 64.5 cm³/mol. The van der Waals surface area contributed by atoms with Crippen LogP contribution in [-0.2, 0) is 11.2 Å². The summed E-state index contributed by atoms with van der Waals surface area (Å²) in [5, 5.41) is 17.9. The first-order valence-corrected chi connectivity index (χ1v) is 5.55. The van der Waals surface area contributed by atoms with Gasteiger partial charge in [-0.2, -0.15) is 5.10 Å². The molecule has 0 saturated carbocycles. The highest BCUT2D eigenvalue weighted by Crippen LogP contribution is 2.15. The average molecular weight is 255 g/mol. The van der Waals surface area contributed by atoms with E-state index in [1.807, 2.05) is 6.92 Å². The van der Waals surface area contributed by atoms with E-state index in [4.69, 9.17) is 16.6 Å². The summed E-state index contributed by atoms with van der Waals surface area (Å²) in [5.41, 5.74) is 11.6. The highest BCUT2D eigenvalue weighted by atomic mass is 16.3. The number of nitrogens with two attached hydrogens (primary N) is 2. The summed E-state index contributed by atoms with van der Waals surface area (Å²) < 4.78 is 0. The third-order valence-electron chi connectivity index (χ3n) is 2.38. The van der Waals surface area contributed by atoms with Crippen molar-refractivity contribution in [3.8, 4) is 0 Å². The van der Waals surface area contributed by atoms with Gasteiger partial charge in [0, 0.05) is 0 Å². The van der Waals surface area contributed by atoms with E-state index in [9.17, 15) is 9.59 Å².